The van der Waals surface area contributed by atoms with Gasteiger partial charge in [0.1, 0.15) is 0 Å². The van der Waals surface area contributed by atoms with E-state index < -0.39 is 0 Å². The molecule has 0 radical (unpaired) electrons. The Morgan fingerprint density at radius 2 is 2.26 bits per heavy atom. The van der Waals surface area contributed by atoms with Crippen LogP contribution in [0, 0.1) is 0 Å². The van der Waals surface area contributed by atoms with Crippen molar-refractivity contribution < 1.29 is 9.47 Å². The zero-order valence-corrected chi connectivity index (χ0v) is 11.3. The maximum atomic E-state index is 5.38. The van der Waals surface area contributed by atoms with Gasteiger partial charge in [-0.1, -0.05) is 6.07 Å². The van der Waals surface area contributed by atoms with E-state index in [2.05, 4.69) is 34.7 Å². The van der Waals surface area contributed by atoms with Crippen LogP contribution < -0.4 is 20.1 Å². The molecule has 1 aromatic rings. The van der Waals surface area contributed by atoms with Gasteiger partial charge in [-0.3, -0.25) is 0 Å². The van der Waals surface area contributed by atoms with E-state index in [-0.39, 0.29) is 0 Å². The van der Waals surface area contributed by atoms with Crippen molar-refractivity contribution in [2.45, 2.75) is 12.6 Å². The molecule has 2 aliphatic rings. The molecule has 0 aromatic heterocycles. The molecule has 0 bridgehead atoms. The summed E-state index contributed by atoms with van der Waals surface area (Å²) in [5, 5.41) is 7.03. The molecule has 1 saturated heterocycles. The number of fused-ring (bicyclic) bond motifs is 1. The minimum Gasteiger partial charge on any atom is -0.454 e. The monoisotopic (exact) mass is 263 g/mol. The molecular formula is C14H21N3O2. The molecule has 5 heteroatoms. The van der Waals surface area contributed by atoms with E-state index >= 15 is 0 Å². The predicted molar refractivity (Wildman–Crippen MR) is 73.6 cm³/mol. The van der Waals surface area contributed by atoms with Crippen molar-refractivity contribution in [3.05, 3.63) is 23.8 Å². The van der Waals surface area contributed by atoms with Crippen molar-refractivity contribution in [2.24, 2.45) is 0 Å². The molecule has 0 spiro atoms. The first-order valence-electron chi connectivity index (χ1n) is 6.82. The van der Waals surface area contributed by atoms with Crippen LogP contribution in [0.2, 0.25) is 0 Å². The van der Waals surface area contributed by atoms with E-state index in [1.165, 1.54) is 5.56 Å². The Hall–Kier alpha value is -1.30. The van der Waals surface area contributed by atoms with Gasteiger partial charge < -0.3 is 25.0 Å². The van der Waals surface area contributed by atoms with E-state index in [0.717, 1.165) is 44.2 Å². The summed E-state index contributed by atoms with van der Waals surface area (Å²) >= 11 is 0. The van der Waals surface area contributed by atoms with Crippen molar-refractivity contribution >= 4 is 0 Å². The van der Waals surface area contributed by atoms with Crippen LogP contribution in [-0.2, 0) is 6.54 Å². The summed E-state index contributed by atoms with van der Waals surface area (Å²) in [6.45, 7) is 5.50. The number of hydrogen-bond acceptors (Lipinski definition) is 5. The van der Waals surface area contributed by atoms with Gasteiger partial charge in [0.05, 0.1) is 0 Å². The van der Waals surface area contributed by atoms with Gasteiger partial charge in [0, 0.05) is 38.8 Å². The first-order valence-corrected chi connectivity index (χ1v) is 6.82. The molecule has 2 N–H and O–H groups in total. The second kappa shape index (κ2) is 5.77. The molecule has 19 heavy (non-hydrogen) atoms. The second-order valence-corrected chi connectivity index (χ2v) is 5.23. The van der Waals surface area contributed by atoms with Gasteiger partial charge >= 0.3 is 0 Å². The number of hydrogen-bond donors (Lipinski definition) is 2. The highest BCUT2D eigenvalue weighted by molar-refractivity contribution is 5.44. The highest BCUT2D eigenvalue weighted by Crippen LogP contribution is 2.32. The average molecular weight is 263 g/mol. The van der Waals surface area contributed by atoms with Crippen LogP contribution in [0.5, 0.6) is 11.5 Å². The summed E-state index contributed by atoms with van der Waals surface area (Å²) in [5.74, 6) is 1.70. The zero-order chi connectivity index (χ0) is 13.1. The number of piperazine rings is 1. The summed E-state index contributed by atoms with van der Waals surface area (Å²) < 4.78 is 10.7. The number of nitrogens with zero attached hydrogens (tertiary/aromatic N) is 1. The van der Waals surface area contributed by atoms with Gasteiger partial charge in [-0.25, -0.2) is 0 Å². The average Bonchev–Trinajstić information content (AvgIpc) is 2.86. The van der Waals surface area contributed by atoms with Gasteiger partial charge in [0.15, 0.2) is 11.5 Å². The lowest BCUT2D eigenvalue weighted by Crippen LogP contribution is -2.52. The van der Waals surface area contributed by atoms with E-state index in [9.17, 15) is 0 Å². The molecule has 1 atom stereocenters. The predicted octanol–water partition coefficient (Wildman–Crippen LogP) is 0.408. The summed E-state index contributed by atoms with van der Waals surface area (Å²) in [4.78, 5) is 2.36. The topological polar surface area (TPSA) is 45.8 Å². The van der Waals surface area contributed by atoms with Crippen LogP contribution in [0.3, 0.4) is 0 Å². The quantitative estimate of drug-likeness (QED) is 0.824. The highest BCUT2D eigenvalue weighted by Gasteiger charge is 2.16. The number of ether oxygens (including phenoxy) is 2. The number of benzene rings is 1. The summed E-state index contributed by atoms with van der Waals surface area (Å²) in [6, 6.07) is 6.65. The zero-order valence-electron chi connectivity index (χ0n) is 11.3. The van der Waals surface area contributed by atoms with Gasteiger partial charge in [-0.05, 0) is 24.7 Å². The molecule has 0 amide bonds. The molecule has 1 fully saturated rings. The molecule has 3 rings (SSSR count). The third-order valence-corrected chi connectivity index (χ3v) is 3.62. The van der Waals surface area contributed by atoms with Crippen molar-refractivity contribution in [1.82, 2.24) is 15.5 Å². The van der Waals surface area contributed by atoms with Gasteiger partial charge in [0.2, 0.25) is 6.79 Å². The Morgan fingerprint density at radius 3 is 3.16 bits per heavy atom. The minimum absolute atomic E-state index is 0.338. The van der Waals surface area contributed by atoms with Crippen molar-refractivity contribution in [1.29, 1.82) is 0 Å². The summed E-state index contributed by atoms with van der Waals surface area (Å²) in [6.07, 6.45) is 0. The molecular weight excluding hydrogens is 242 g/mol. The van der Waals surface area contributed by atoms with Crippen LogP contribution in [-0.4, -0.2) is 51.0 Å². The molecule has 2 aliphatic heterocycles. The molecule has 1 unspecified atom stereocenters. The Labute approximate surface area is 113 Å². The Balaban J connectivity index is 1.47. The molecule has 5 nitrogen and oxygen atoms in total. The third kappa shape index (κ3) is 3.18. The fourth-order valence-electron chi connectivity index (χ4n) is 2.57. The molecule has 104 valence electrons. The largest absolute Gasteiger partial charge is 0.454 e. The van der Waals surface area contributed by atoms with Crippen molar-refractivity contribution in [2.75, 3.05) is 40.0 Å². The smallest absolute Gasteiger partial charge is 0.231 e. The highest BCUT2D eigenvalue weighted by atomic mass is 16.7. The van der Waals surface area contributed by atoms with Crippen LogP contribution in [0.4, 0.5) is 0 Å². The molecule has 2 heterocycles. The first-order chi connectivity index (χ1) is 9.31. The molecule has 1 aromatic carbocycles. The second-order valence-electron chi connectivity index (χ2n) is 5.23. The summed E-state index contributed by atoms with van der Waals surface area (Å²) in [5.41, 5.74) is 1.23. The summed E-state index contributed by atoms with van der Waals surface area (Å²) in [7, 11) is 2.17. The minimum atomic E-state index is 0.338. The van der Waals surface area contributed by atoms with Crippen LogP contribution in [0.25, 0.3) is 0 Å². The maximum absolute atomic E-state index is 5.38. The SMILES string of the molecule is CN1CCNC(CNCc2ccc3c(c2)OCO3)C1. The normalized spacial score (nSPS) is 22.7. The lowest BCUT2D eigenvalue weighted by Gasteiger charge is -2.31. The van der Waals surface area contributed by atoms with Crippen LogP contribution in [0.15, 0.2) is 18.2 Å². The molecule has 0 saturated carbocycles. The van der Waals surface area contributed by atoms with Crippen molar-refractivity contribution in [3.63, 3.8) is 0 Å². The first kappa shape index (κ1) is 12.7. The third-order valence-electron chi connectivity index (χ3n) is 3.62. The van der Waals surface area contributed by atoms with E-state index in [4.69, 9.17) is 9.47 Å². The maximum Gasteiger partial charge on any atom is 0.231 e. The standard InChI is InChI=1S/C14H21N3O2/c1-17-5-4-16-12(9-17)8-15-7-11-2-3-13-14(6-11)19-10-18-13/h2-3,6,12,15-16H,4-5,7-10H2,1H3. The number of nitrogens with one attached hydrogen (secondary N) is 2. The van der Waals surface area contributed by atoms with Gasteiger partial charge in [-0.15, -0.1) is 0 Å². The van der Waals surface area contributed by atoms with E-state index in [1.807, 2.05) is 6.07 Å². The number of likely N-dealkylation sites (N-methyl/N-ethyl adjacent to an activating group) is 1. The fraction of sp³-hybridized carbons (Fsp3) is 0.571. The van der Waals surface area contributed by atoms with E-state index in [1.54, 1.807) is 0 Å². The van der Waals surface area contributed by atoms with Crippen molar-refractivity contribution in [3.8, 4) is 11.5 Å². The Morgan fingerprint density at radius 1 is 1.37 bits per heavy atom. The van der Waals surface area contributed by atoms with E-state index in [0.29, 0.717) is 12.8 Å². The van der Waals surface area contributed by atoms with Crippen LogP contribution >= 0.6 is 0 Å². The van der Waals surface area contributed by atoms with Crippen LogP contribution in [0.1, 0.15) is 5.56 Å². The number of rotatable bonds is 4. The van der Waals surface area contributed by atoms with Gasteiger partial charge in [0.25, 0.3) is 0 Å². The fourth-order valence-corrected chi connectivity index (χ4v) is 2.57. The lowest BCUT2D eigenvalue weighted by molar-refractivity contribution is 0.174. The lowest BCUT2D eigenvalue weighted by atomic mass is 10.2. The Bertz CT molecular complexity index is 439. The molecule has 0 aliphatic carbocycles. The van der Waals surface area contributed by atoms with Gasteiger partial charge in [-0.2, -0.15) is 0 Å². The Kier molecular flexibility index (Phi) is 3.87.